The van der Waals surface area contributed by atoms with Gasteiger partial charge in [-0.15, -0.1) is 0 Å². The molecule has 1 rings (SSSR count). The average molecular weight is 366 g/mol. The molecule has 0 aliphatic rings. The van der Waals surface area contributed by atoms with E-state index in [9.17, 15) is 4.79 Å². The number of hydrogen-bond donors (Lipinski definition) is 0. The summed E-state index contributed by atoms with van der Waals surface area (Å²) in [6.07, 6.45) is 1.33. The van der Waals surface area contributed by atoms with Crippen LogP contribution >= 0.6 is 31.9 Å². The summed E-state index contributed by atoms with van der Waals surface area (Å²) in [6, 6.07) is 0. The number of furan rings is 1. The van der Waals surface area contributed by atoms with Gasteiger partial charge in [0.15, 0.2) is 0 Å². The molecule has 0 bridgehead atoms. The van der Waals surface area contributed by atoms with Gasteiger partial charge < -0.3 is 9.15 Å². The first-order valence-corrected chi connectivity index (χ1v) is 6.96. The Morgan fingerprint density at radius 3 is 2.71 bits per heavy atom. The van der Waals surface area contributed by atoms with Crippen molar-refractivity contribution in [3.05, 3.63) is 20.9 Å². The van der Waals surface area contributed by atoms with E-state index >= 15 is 0 Å². The minimum atomic E-state index is -0.315. The number of esters is 1. The summed E-state index contributed by atoms with van der Waals surface area (Å²) in [5, 5.41) is 0. The van der Waals surface area contributed by atoms with E-state index in [1.165, 1.54) is 6.92 Å². The van der Waals surface area contributed by atoms with Gasteiger partial charge in [0.25, 0.3) is 0 Å². The zero-order valence-electron chi connectivity index (χ0n) is 9.76. The monoisotopic (exact) mass is 364 g/mol. The largest absolute Gasteiger partial charge is 0.457 e. The predicted molar refractivity (Wildman–Crippen MR) is 74.0 cm³/mol. The zero-order chi connectivity index (χ0) is 13.0. The second kappa shape index (κ2) is 6.40. The van der Waals surface area contributed by atoms with Crippen molar-refractivity contribution in [3.8, 4) is 0 Å². The summed E-state index contributed by atoms with van der Waals surface area (Å²) in [5.74, 6) is -0.305. The summed E-state index contributed by atoms with van der Waals surface area (Å²) in [6.45, 7) is 7.26. The van der Waals surface area contributed by atoms with Gasteiger partial charge in [-0.1, -0.05) is 35.9 Å². The van der Waals surface area contributed by atoms with E-state index in [4.69, 9.17) is 9.15 Å². The van der Waals surface area contributed by atoms with E-state index in [0.29, 0.717) is 10.8 Å². The van der Waals surface area contributed by atoms with Gasteiger partial charge in [-0.25, -0.2) is 0 Å². The summed E-state index contributed by atoms with van der Waals surface area (Å²) in [5.41, 5.74) is 1.95. The molecule has 0 saturated heterocycles. The molecule has 94 valence electrons. The van der Waals surface area contributed by atoms with E-state index < -0.39 is 0 Å². The van der Waals surface area contributed by atoms with Crippen molar-refractivity contribution in [1.82, 2.24) is 0 Å². The maximum atomic E-state index is 11.1. The molecule has 0 spiro atoms. The number of carbonyl (C=O) groups is 1. The molecule has 0 N–H and O–H groups in total. The lowest BCUT2D eigenvalue weighted by Crippen LogP contribution is -2.14. The van der Waals surface area contributed by atoms with Gasteiger partial charge in [-0.05, 0) is 22.4 Å². The highest BCUT2D eigenvalue weighted by atomic mass is 79.9. The van der Waals surface area contributed by atoms with E-state index in [1.807, 2.05) is 6.92 Å². The lowest BCUT2D eigenvalue weighted by molar-refractivity contribution is -0.147. The molecule has 0 radical (unpaired) electrons. The van der Waals surface area contributed by atoms with Gasteiger partial charge in [-0.3, -0.25) is 4.79 Å². The third kappa shape index (κ3) is 3.45. The highest BCUT2D eigenvalue weighted by Crippen LogP contribution is 2.25. The fourth-order valence-electron chi connectivity index (χ4n) is 1.60. The van der Waals surface area contributed by atoms with Gasteiger partial charge in [0.05, 0.1) is 10.0 Å². The van der Waals surface area contributed by atoms with Crippen molar-refractivity contribution in [2.24, 2.45) is 0 Å². The number of hydrogen-bond acceptors (Lipinski definition) is 3. The van der Waals surface area contributed by atoms with Gasteiger partial charge in [0, 0.05) is 11.9 Å². The van der Waals surface area contributed by atoms with Crippen LogP contribution in [-0.4, -0.2) is 5.97 Å². The molecular formula is C12H14Br2O3. The molecule has 0 aliphatic heterocycles. The molecule has 0 saturated carbocycles. The van der Waals surface area contributed by atoms with Crippen LogP contribution in [-0.2, 0) is 9.53 Å². The van der Waals surface area contributed by atoms with Crippen LogP contribution in [0.25, 0.3) is 11.6 Å². The molecule has 0 aromatic carbocycles. The number of carbonyl (C=O) groups excluding carboxylic acids is 1. The fourth-order valence-corrected chi connectivity index (χ4v) is 2.90. The molecule has 1 atom stereocenters. The van der Waals surface area contributed by atoms with E-state index in [2.05, 4.69) is 38.4 Å². The van der Waals surface area contributed by atoms with Crippen LogP contribution in [0.1, 0.15) is 38.4 Å². The van der Waals surface area contributed by atoms with Gasteiger partial charge >= 0.3 is 5.97 Å². The Morgan fingerprint density at radius 2 is 2.29 bits per heavy atom. The highest BCUT2D eigenvalue weighted by molar-refractivity contribution is 9.14. The minimum absolute atomic E-state index is 0.305. The number of rotatable bonds is 4. The molecule has 0 aliphatic carbocycles. The topological polar surface area (TPSA) is 39.4 Å². The van der Waals surface area contributed by atoms with Crippen LogP contribution in [0.3, 0.4) is 0 Å². The molecule has 1 heterocycles. The Bertz CT molecular complexity index is 505. The number of halogens is 2. The molecule has 5 heteroatoms. The van der Waals surface area contributed by atoms with Crippen molar-refractivity contribution < 1.29 is 13.9 Å². The van der Waals surface area contributed by atoms with E-state index in [0.717, 1.165) is 22.9 Å². The van der Waals surface area contributed by atoms with Crippen LogP contribution in [0.15, 0.2) is 8.89 Å². The van der Waals surface area contributed by atoms with Crippen molar-refractivity contribution >= 4 is 49.4 Å². The molecule has 1 aromatic heterocycles. The van der Waals surface area contributed by atoms with Crippen LogP contribution in [0, 0.1) is 0 Å². The first-order valence-electron chi connectivity index (χ1n) is 5.26. The smallest absolute Gasteiger partial charge is 0.303 e. The van der Waals surface area contributed by atoms with Gasteiger partial charge in [0.2, 0.25) is 0 Å². The lowest BCUT2D eigenvalue weighted by Gasteiger charge is -2.15. The summed E-state index contributed by atoms with van der Waals surface area (Å²) in [4.78, 5) is 12.8. The fraction of sp³-hybridized carbons (Fsp3) is 0.417. The maximum absolute atomic E-state index is 11.1. The average Bonchev–Trinajstić information content (AvgIpc) is 2.52. The van der Waals surface area contributed by atoms with Crippen LogP contribution < -0.4 is 10.8 Å². The first-order chi connectivity index (χ1) is 8.01. The first kappa shape index (κ1) is 14.5. The SMILES string of the molecule is C=c1o/c(=C\Br)c(Br)c1C(CCC)OC(C)=O. The molecule has 0 fully saturated rings. The molecular weight excluding hydrogens is 352 g/mol. The Balaban J connectivity index is 3.23. The van der Waals surface area contributed by atoms with Gasteiger partial charge in [0.1, 0.15) is 16.9 Å². The molecule has 1 aromatic rings. The summed E-state index contributed by atoms with van der Waals surface area (Å²) < 4.78 is 11.5. The Kier molecular flexibility index (Phi) is 5.46. The van der Waals surface area contributed by atoms with Crippen molar-refractivity contribution in [2.75, 3.05) is 0 Å². The lowest BCUT2D eigenvalue weighted by atomic mass is 10.1. The van der Waals surface area contributed by atoms with Crippen LogP contribution in [0.4, 0.5) is 0 Å². The molecule has 3 nitrogen and oxygen atoms in total. The van der Waals surface area contributed by atoms with Crippen LogP contribution in [0.2, 0.25) is 0 Å². The highest BCUT2D eigenvalue weighted by Gasteiger charge is 2.21. The van der Waals surface area contributed by atoms with Crippen molar-refractivity contribution in [3.63, 3.8) is 0 Å². The zero-order valence-corrected chi connectivity index (χ0v) is 12.9. The second-order valence-corrected chi connectivity index (χ2v) is 4.86. The number of ether oxygens (including phenoxy) is 1. The Labute approximate surface area is 117 Å². The van der Waals surface area contributed by atoms with Crippen LogP contribution in [0.5, 0.6) is 0 Å². The maximum Gasteiger partial charge on any atom is 0.303 e. The Hall–Kier alpha value is -0.550. The molecule has 0 amide bonds. The van der Waals surface area contributed by atoms with E-state index in [-0.39, 0.29) is 12.1 Å². The van der Waals surface area contributed by atoms with Crippen molar-refractivity contribution in [1.29, 1.82) is 0 Å². The summed E-state index contributed by atoms with van der Waals surface area (Å²) >= 11 is 6.65. The molecule has 1 unspecified atom stereocenters. The normalized spacial score (nSPS) is 13.8. The Morgan fingerprint density at radius 1 is 1.65 bits per heavy atom. The van der Waals surface area contributed by atoms with Crippen molar-refractivity contribution in [2.45, 2.75) is 32.8 Å². The third-order valence-corrected chi connectivity index (χ3v) is 3.50. The van der Waals surface area contributed by atoms with Gasteiger partial charge in [-0.2, -0.15) is 0 Å². The summed E-state index contributed by atoms with van der Waals surface area (Å²) in [7, 11) is 0. The minimum Gasteiger partial charge on any atom is -0.457 e. The predicted octanol–water partition coefficient (Wildman–Crippen LogP) is 2.99. The second-order valence-electron chi connectivity index (χ2n) is 3.61. The van der Waals surface area contributed by atoms with E-state index in [1.54, 1.807) is 4.99 Å². The molecule has 17 heavy (non-hydrogen) atoms. The quantitative estimate of drug-likeness (QED) is 0.770. The third-order valence-electron chi connectivity index (χ3n) is 2.27. The standard InChI is InChI=1S/C12H14Br2O3/c1-4-5-9(17-8(3)15)11-7(2)16-10(6-13)12(11)14/h6,9H,2,4-5H2,1,3H3/b10-6-.